The highest BCUT2D eigenvalue weighted by Crippen LogP contribution is 2.13. The Bertz CT molecular complexity index is 587. The Kier molecular flexibility index (Phi) is 9.03. The fourth-order valence-corrected chi connectivity index (χ4v) is 3.12. The lowest BCUT2D eigenvalue weighted by Crippen LogP contribution is -3.00. The van der Waals surface area contributed by atoms with Crippen LogP contribution in [-0.2, 0) is 0 Å². The van der Waals surface area contributed by atoms with Crippen LogP contribution in [0.2, 0.25) is 0 Å². The highest BCUT2D eigenvalue weighted by Gasteiger charge is 2.16. The van der Waals surface area contributed by atoms with Crippen molar-refractivity contribution in [1.82, 2.24) is 5.32 Å². The Morgan fingerprint density at radius 2 is 1.48 bits per heavy atom. The number of thioether (sulfide) groups is 1. The molecule has 0 radical (unpaired) electrons. The van der Waals surface area contributed by atoms with E-state index in [9.17, 15) is 0 Å². The molecular weight excluding hydrogens is 368 g/mol. The highest BCUT2D eigenvalue weighted by molar-refractivity contribution is 8.13. The lowest BCUT2D eigenvalue weighted by molar-refractivity contribution is -0.504. The molecule has 0 aliphatic rings. The van der Waals surface area contributed by atoms with Gasteiger partial charge in [-0.15, -0.1) is 0 Å². The first-order chi connectivity index (χ1) is 10.7. The lowest BCUT2D eigenvalue weighted by Gasteiger charge is -2.12. The van der Waals surface area contributed by atoms with E-state index in [1.54, 1.807) is 0 Å². The number of nitrogens with one attached hydrogen (secondary N) is 2. The molecule has 0 heterocycles. The Hall–Kier alpha value is -1.26. The van der Waals surface area contributed by atoms with Gasteiger partial charge in [-0.05, 0) is 36.7 Å². The molecule has 2 atom stereocenters. The number of hydrogen-bond donors (Lipinski definition) is 2. The second-order valence-electron chi connectivity index (χ2n) is 5.32. The van der Waals surface area contributed by atoms with Crippen LogP contribution in [0, 0.1) is 0 Å². The molecule has 124 valence electrons. The standard InChI is InChI=1S/C19H24N2S.BrH/c1-4-22-19(20-15(2)17-11-7-5-8-12-17)21-16(3)18-13-9-6-10-14-18;/h5-16H,4H2,1-3H3,(H,20,21);1H/t15-,16-;/m0./s1. The topological polar surface area (TPSA) is 26.0 Å². The first-order valence-corrected chi connectivity index (χ1v) is 8.82. The van der Waals surface area contributed by atoms with Crippen molar-refractivity contribution in [3.05, 3.63) is 71.8 Å². The molecule has 2 rings (SSSR count). The molecule has 2 nitrogen and oxygen atoms in total. The fourth-order valence-electron chi connectivity index (χ4n) is 2.31. The second-order valence-corrected chi connectivity index (χ2v) is 6.59. The molecular formula is C19H25BrN2S. The Labute approximate surface area is 154 Å². The summed E-state index contributed by atoms with van der Waals surface area (Å²) in [5.74, 6) is 1.04. The van der Waals surface area contributed by atoms with Crippen LogP contribution in [0.25, 0.3) is 0 Å². The van der Waals surface area contributed by atoms with Crippen molar-refractivity contribution in [3.63, 3.8) is 0 Å². The van der Waals surface area contributed by atoms with Crippen molar-refractivity contribution in [2.75, 3.05) is 5.75 Å². The summed E-state index contributed by atoms with van der Waals surface area (Å²) in [7, 11) is 0. The maximum absolute atomic E-state index is 3.60. The summed E-state index contributed by atoms with van der Waals surface area (Å²) in [6.45, 7) is 6.56. The third-order valence-corrected chi connectivity index (χ3v) is 4.40. The van der Waals surface area contributed by atoms with Crippen molar-refractivity contribution in [1.29, 1.82) is 0 Å². The van der Waals surface area contributed by atoms with Crippen molar-refractivity contribution in [3.8, 4) is 0 Å². The van der Waals surface area contributed by atoms with Gasteiger partial charge in [0.15, 0.2) is 0 Å². The van der Waals surface area contributed by atoms with Gasteiger partial charge in [-0.2, -0.15) is 0 Å². The van der Waals surface area contributed by atoms with E-state index in [0.717, 1.165) is 10.9 Å². The maximum atomic E-state index is 3.60. The van der Waals surface area contributed by atoms with Gasteiger partial charge >= 0.3 is 5.17 Å². The van der Waals surface area contributed by atoms with Gasteiger partial charge in [-0.3, -0.25) is 10.3 Å². The van der Waals surface area contributed by atoms with Crippen LogP contribution in [0.1, 0.15) is 44.0 Å². The summed E-state index contributed by atoms with van der Waals surface area (Å²) in [5, 5.41) is 4.74. The van der Waals surface area contributed by atoms with Crippen LogP contribution in [-0.4, -0.2) is 10.9 Å². The van der Waals surface area contributed by atoms with E-state index in [2.05, 4.69) is 91.7 Å². The molecule has 0 amide bonds. The van der Waals surface area contributed by atoms with E-state index in [1.165, 1.54) is 11.1 Å². The van der Waals surface area contributed by atoms with Crippen molar-refractivity contribution < 1.29 is 22.0 Å². The van der Waals surface area contributed by atoms with Gasteiger partial charge in [-0.1, -0.05) is 67.6 Å². The normalized spacial score (nSPS) is 13.8. The van der Waals surface area contributed by atoms with Crippen LogP contribution in [0.5, 0.6) is 0 Å². The van der Waals surface area contributed by atoms with E-state index in [0.29, 0.717) is 0 Å². The molecule has 2 aromatic carbocycles. The van der Waals surface area contributed by atoms with Crippen LogP contribution in [0.3, 0.4) is 0 Å². The molecule has 0 aromatic heterocycles. The van der Waals surface area contributed by atoms with E-state index < -0.39 is 0 Å². The third kappa shape index (κ3) is 6.40. The molecule has 2 aromatic rings. The Balaban J connectivity index is 0.00000264. The van der Waals surface area contributed by atoms with Crippen LogP contribution >= 0.6 is 11.8 Å². The van der Waals surface area contributed by atoms with Gasteiger partial charge in [0.05, 0.1) is 0 Å². The van der Waals surface area contributed by atoms with E-state index in [-0.39, 0.29) is 29.1 Å². The zero-order valence-corrected chi connectivity index (χ0v) is 16.3. The van der Waals surface area contributed by atoms with E-state index in [1.807, 2.05) is 11.8 Å². The second kappa shape index (κ2) is 10.5. The molecule has 0 fully saturated rings. The highest BCUT2D eigenvalue weighted by atomic mass is 79.9. The molecule has 0 unspecified atom stereocenters. The SMILES string of the molecule is CCSC(N[C@@H](C)c1ccccc1)=[NH+][C@@H](C)c1ccccc1.[Br-]. The van der Waals surface area contributed by atoms with E-state index >= 15 is 0 Å². The number of benzene rings is 2. The number of hydrogen-bond acceptors (Lipinski definition) is 1. The lowest BCUT2D eigenvalue weighted by atomic mass is 10.1. The van der Waals surface area contributed by atoms with Crippen LogP contribution in [0.4, 0.5) is 0 Å². The summed E-state index contributed by atoms with van der Waals surface area (Å²) in [6.07, 6.45) is 0. The molecule has 0 saturated heterocycles. The molecule has 2 N–H and O–H groups in total. The predicted octanol–water partition coefficient (Wildman–Crippen LogP) is 0.292. The minimum atomic E-state index is 0. The van der Waals surface area contributed by atoms with Crippen molar-refractivity contribution >= 4 is 16.9 Å². The number of rotatable bonds is 5. The van der Waals surface area contributed by atoms with Gasteiger partial charge in [-0.25, -0.2) is 0 Å². The Morgan fingerprint density at radius 1 is 0.957 bits per heavy atom. The summed E-state index contributed by atoms with van der Waals surface area (Å²) in [6, 6.07) is 21.6. The quantitative estimate of drug-likeness (QED) is 0.564. The van der Waals surface area contributed by atoms with Gasteiger partial charge < -0.3 is 17.0 Å². The number of halogens is 1. The summed E-state index contributed by atoms with van der Waals surface area (Å²) in [5.41, 5.74) is 2.59. The molecule has 23 heavy (non-hydrogen) atoms. The summed E-state index contributed by atoms with van der Waals surface area (Å²) in [4.78, 5) is 3.60. The van der Waals surface area contributed by atoms with Gasteiger partial charge in [0.25, 0.3) is 0 Å². The predicted molar refractivity (Wildman–Crippen MR) is 97.0 cm³/mol. The summed E-state index contributed by atoms with van der Waals surface area (Å²) >= 11 is 1.82. The number of amidine groups is 1. The zero-order valence-electron chi connectivity index (χ0n) is 13.9. The Morgan fingerprint density at radius 3 is 2.00 bits per heavy atom. The zero-order chi connectivity index (χ0) is 15.8. The molecule has 0 spiro atoms. The summed E-state index contributed by atoms with van der Waals surface area (Å²) < 4.78 is 0. The first-order valence-electron chi connectivity index (χ1n) is 7.83. The minimum absolute atomic E-state index is 0. The molecule has 0 aliphatic heterocycles. The minimum Gasteiger partial charge on any atom is -1.00 e. The van der Waals surface area contributed by atoms with E-state index in [4.69, 9.17) is 0 Å². The smallest absolute Gasteiger partial charge is 0.305 e. The van der Waals surface area contributed by atoms with Gasteiger partial charge in [0.2, 0.25) is 0 Å². The fraction of sp³-hybridized carbons (Fsp3) is 0.316. The van der Waals surface area contributed by atoms with Crippen molar-refractivity contribution in [2.45, 2.75) is 32.9 Å². The first kappa shape index (κ1) is 19.8. The average molecular weight is 393 g/mol. The largest absolute Gasteiger partial charge is 1.00 e. The molecule has 0 bridgehead atoms. The average Bonchev–Trinajstić information content (AvgIpc) is 2.56. The van der Waals surface area contributed by atoms with Gasteiger partial charge in [0, 0.05) is 5.75 Å². The molecule has 0 aliphatic carbocycles. The molecule has 4 heteroatoms. The third-order valence-electron chi connectivity index (χ3n) is 3.58. The maximum Gasteiger partial charge on any atom is 0.305 e. The van der Waals surface area contributed by atoms with Crippen molar-refractivity contribution in [2.24, 2.45) is 0 Å². The van der Waals surface area contributed by atoms with Crippen LogP contribution in [0.15, 0.2) is 60.7 Å². The van der Waals surface area contributed by atoms with Gasteiger partial charge in [0.1, 0.15) is 12.1 Å². The van der Waals surface area contributed by atoms with Crippen LogP contribution < -0.4 is 27.3 Å². The monoisotopic (exact) mass is 392 g/mol. The molecule has 0 saturated carbocycles.